The highest BCUT2D eigenvalue weighted by molar-refractivity contribution is 8.14. The number of aliphatic imine (C=N–C) groups is 1. The molecule has 2 saturated carbocycles. The summed E-state index contributed by atoms with van der Waals surface area (Å²) in [5, 5.41) is 2.28. The Bertz CT molecular complexity index is 284. The molecular formula is C13H22N2S. The highest BCUT2D eigenvalue weighted by atomic mass is 32.2. The summed E-state index contributed by atoms with van der Waals surface area (Å²) in [6.45, 7) is 0.878. The van der Waals surface area contributed by atoms with Gasteiger partial charge < -0.3 is 5.73 Å². The molecule has 90 valence electrons. The van der Waals surface area contributed by atoms with Crippen LogP contribution in [0.3, 0.4) is 0 Å². The maximum atomic E-state index is 5.80. The molecule has 2 nitrogen and oxygen atoms in total. The molecule has 0 radical (unpaired) electrons. The predicted molar refractivity (Wildman–Crippen MR) is 71.0 cm³/mol. The SMILES string of the molecule is NCC1CCC2N=C(C3CCCC3)SC2C1. The molecule has 0 spiro atoms. The number of rotatable bonds is 2. The molecule has 2 N–H and O–H groups in total. The Hall–Kier alpha value is -0.0200. The van der Waals surface area contributed by atoms with E-state index in [4.69, 9.17) is 10.7 Å². The van der Waals surface area contributed by atoms with Crippen molar-refractivity contribution in [2.24, 2.45) is 22.6 Å². The standard InChI is InChI=1S/C13H22N2S/c14-8-9-5-6-11-12(7-9)16-13(15-11)10-3-1-2-4-10/h9-12H,1-8,14H2. The van der Waals surface area contributed by atoms with Crippen LogP contribution in [0.25, 0.3) is 0 Å². The summed E-state index contributed by atoms with van der Waals surface area (Å²) in [4.78, 5) is 5.00. The largest absolute Gasteiger partial charge is 0.330 e. The number of nitrogens with two attached hydrogens (primary N) is 1. The summed E-state index contributed by atoms with van der Waals surface area (Å²) < 4.78 is 0. The fraction of sp³-hybridized carbons (Fsp3) is 0.923. The summed E-state index contributed by atoms with van der Waals surface area (Å²) in [6, 6.07) is 0.642. The zero-order valence-electron chi connectivity index (χ0n) is 9.90. The number of fused-ring (bicyclic) bond motifs is 1. The smallest absolute Gasteiger partial charge is 0.0714 e. The van der Waals surface area contributed by atoms with Gasteiger partial charge in [0, 0.05) is 11.2 Å². The van der Waals surface area contributed by atoms with Gasteiger partial charge in [-0.1, -0.05) is 12.8 Å². The third-order valence-corrected chi connectivity index (χ3v) is 5.96. The van der Waals surface area contributed by atoms with Crippen LogP contribution < -0.4 is 5.73 Å². The minimum absolute atomic E-state index is 0.642. The molecule has 0 aromatic rings. The fourth-order valence-electron chi connectivity index (χ4n) is 3.41. The molecule has 3 unspecified atom stereocenters. The molecule has 0 bridgehead atoms. The lowest BCUT2D eigenvalue weighted by Gasteiger charge is -2.28. The normalized spacial score (nSPS) is 39.8. The van der Waals surface area contributed by atoms with Gasteiger partial charge in [0.05, 0.1) is 11.1 Å². The first kappa shape index (κ1) is 11.1. The number of thioether (sulfide) groups is 1. The second kappa shape index (κ2) is 4.69. The zero-order valence-corrected chi connectivity index (χ0v) is 10.7. The predicted octanol–water partition coefficient (Wildman–Crippen LogP) is 2.82. The van der Waals surface area contributed by atoms with Crippen molar-refractivity contribution in [1.82, 2.24) is 0 Å². The van der Waals surface area contributed by atoms with Crippen molar-refractivity contribution in [3.8, 4) is 0 Å². The molecular weight excluding hydrogens is 216 g/mol. The van der Waals surface area contributed by atoms with Crippen LogP contribution in [-0.4, -0.2) is 22.9 Å². The molecule has 0 aromatic carbocycles. The van der Waals surface area contributed by atoms with Gasteiger partial charge >= 0.3 is 0 Å². The van der Waals surface area contributed by atoms with E-state index >= 15 is 0 Å². The maximum Gasteiger partial charge on any atom is 0.0714 e. The van der Waals surface area contributed by atoms with Crippen molar-refractivity contribution < 1.29 is 0 Å². The molecule has 0 amide bonds. The van der Waals surface area contributed by atoms with E-state index in [-0.39, 0.29) is 0 Å². The third kappa shape index (κ3) is 2.04. The third-order valence-electron chi connectivity index (χ3n) is 4.47. The van der Waals surface area contributed by atoms with Crippen molar-refractivity contribution in [3.63, 3.8) is 0 Å². The van der Waals surface area contributed by atoms with E-state index in [2.05, 4.69) is 11.8 Å². The van der Waals surface area contributed by atoms with E-state index in [1.54, 1.807) is 0 Å². The van der Waals surface area contributed by atoms with E-state index in [0.29, 0.717) is 6.04 Å². The van der Waals surface area contributed by atoms with Gasteiger partial charge in [-0.2, -0.15) is 0 Å². The van der Waals surface area contributed by atoms with Crippen LogP contribution in [0.2, 0.25) is 0 Å². The van der Waals surface area contributed by atoms with Gasteiger partial charge in [0.25, 0.3) is 0 Å². The first-order chi connectivity index (χ1) is 7.86. The van der Waals surface area contributed by atoms with Crippen molar-refractivity contribution in [1.29, 1.82) is 0 Å². The highest BCUT2D eigenvalue weighted by Crippen LogP contribution is 2.43. The van der Waals surface area contributed by atoms with E-state index in [0.717, 1.165) is 23.6 Å². The monoisotopic (exact) mass is 238 g/mol. The van der Waals surface area contributed by atoms with Crippen molar-refractivity contribution >= 4 is 16.8 Å². The molecule has 3 rings (SSSR count). The Balaban J connectivity index is 1.64. The summed E-state index contributed by atoms with van der Waals surface area (Å²) in [6.07, 6.45) is 9.54. The van der Waals surface area contributed by atoms with Crippen LogP contribution in [0.4, 0.5) is 0 Å². The molecule has 0 saturated heterocycles. The molecule has 0 aromatic heterocycles. The van der Waals surface area contributed by atoms with Crippen molar-refractivity contribution in [2.75, 3.05) is 6.54 Å². The minimum atomic E-state index is 0.642. The second-order valence-electron chi connectivity index (χ2n) is 5.59. The number of hydrogen-bond donors (Lipinski definition) is 1. The Morgan fingerprint density at radius 1 is 1.19 bits per heavy atom. The topological polar surface area (TPSA) is 38.4 Å². The zero-order chi connectivity index (χ0) is 11.0. The van der Waals surface area contributed by atoms with Gasteiger partial charge in [-0.3, -0.25) is 4.99 Å². The van der Waals surface area contributed by atoms with Crippen LogP contribution in [0.1, 0.15) is 44.9 Å². The lowest BCUT2D eigenvalue weighted by atomic mass is 9.86. The summed E-state index contributed by atoms with van der Waals surface area (Å²) >= 11 is 2.11. The van der Waals surface area contributed by atoms with E-state index in [9.17, 15) is 0 Å². The Labute approximate surface area is 102 Å². The van der Waals surface area contributed by atoms with Gasteiger partial charge in [0.1, 0.15) is 0 Å². The average molecular weight is 238 g/mol. The summed E-state index contributed by atoms with van der Waals surface area (Å²) in [7, 11) is 0. The minimum Gasteiger partial charge on any atom is -0.330 e. The lowest BCUT2D eigenvalue weighted by Crippen LogP contribution is -2.31. The van der Waals surface area contributed by atoms with Crippen LogP contribution in [0.15, 0.2) is 4.99 Å². The number of hydrogen-bond acceptors (Lipinski definition) is 3. The maximum absolute atomic E-state index is 5.80. The van der Waals surface area contributed by atoms with Crippen LogP contribution in [-0.2, 0) is 0 Å². The summed E-state index contributed by atoms with van der Waals surface area (Å²) in [5.41, 5.74) is 5.80. The van der Waals surface area contributed by atoms with Crippen LogP contribution in [0, 0.1) is 11.8 Å². The Morgan fingerprint density at radius 2 is 2.00 bits per heavy atom. The Morgan fingerprint density at radius 3 is 2.75 bits per heavy atom. The van der Waals surface area contributed by atoms with Crippen molar-refractivity contribution in [3.05, 3.63) is 0 Å². The molecule has 2 aliphatic carbocycles. The van der Waals surface area contributed by atoms with E-state index in [1.807, 2.05) is 0 Å². The average Bonchev–Trinajstić information content (AvgIpc) is 2.96. The molecule has 3 atom stereocenters. The first-order valence-electron chi connectivity index (χ1n) is 6.81. The van der Waals surface area contributed by atoms with Gasteiger partial charge in [-0.15, -0.1) is 11.8 Å². The second-order valence-corrected chi connectivity index (χ2v) is 6.85. The van der Waals surface area contributed by atoms with Crippen LogP contribution in [0.5, 0.6) is 0 Å². The van der Waals surface area contributed by atoms with Gasteiger partial charge in [0.2, 0.25) is 0 Å². The molecule has 1 heterocycles. The van der Waals surface area contributed by atoms with Crippen molar-refractivity contribution in [2.45, 2.75) is 56.2 Å². The fourth-order valence-corrected chi connectivity index (χ4v) is 5.06. The lowest BCUT2D eigenvalue weighted by molar-refractivity contribution is 0.346. The number of nitrogens with zero attached hydrogens (tertiary/aromatic N) is 1. The van der Waals surface area contributed by atoms with E-state index in [1.165, 1.54) is 50.0 Å². The molecule has 1 aliphatic heterocycles. The van der Waals surface area contributed by atoms with Gasteiger partial charge in [-0.25, -0.2) is 0 Å². The first-order valence-corrected chi connectivity index (χ1v) is 7.69. The quantitative estimate of drug-likeness (QED) is 0.803. The van der Waals surface area contributed by atoms with E-state index < -0.39 is 0 Å². The van der Waals surface area contributed by atoms with Gasteiger partial charge in [-0.05, 0) is 44.6 Å². The molecule has 3 heteroatoms. The van der Waals surface area contributed by atoms with Gasteiger partial charge in [0.15, 0.2) is 0 Å². The molecule has 3 aliphatic rings. The highest BCUT2D eigenvalue weighted by Gasteiger charge is 2.38. The Kier molecular flexibility index (Phi) is 3.25. The molecule has 16 heavy (non-hydrogen) atoms. The van der Waals surface area contributed by atoms with Crippen LogP contribution >= 0.6 is 11.8 Å². The molecule has 2 fully saturated rings. The summed E-state index contributed by atoms with van der Waals surface area (Å²) in [5.74, 6) is 1.60.